The van der Waals surface area contributed by atoms with E-state index in [1.54, 1.807) is 0 Å². The highest BCUT2D eigenvalue weighted by Crippen LogP contribution is 2.12. The molecule has 2 fully saturated rings. The SMILES string of the molecule is COC(=O)CN1CCC(NC2CCCNC2)CC1. The highest BCUT2D eigenvalue weighted by Gasteiger charge is 2.23. The second-order valence-corrected chi connectivity index (χ2v) is 5.34. The van der Waals surface area contributed by atoms with Crippen LogP contribution in [0.2, 0.25) is 0 Å². The van der Waals surface area contributed by atoms with E-state index in [-0.39, 0.29) is 5.97 Å². The molecule has 0 aliphatic carbocycles. The van der Waals surface area contributed by atoms with Crippen molar-refractivity contribution in [2.24, 2.45) is 0 Å². The van der Waals surface area contributed by atoms with E-state index < -0.39 is 0 Å². The number of carbonyl (C=O) groups is 1. The number of esters is 1. The molecule has 0 amide bonds. The Bertz CT molecular complexity index is 259. The number of carbonyl (C=O) groups excluding carboxylic acids is 1. The van der Waals surface area contributed by atoms with Crippen molar-refractivity contribution < 1.29 is 9.53 Å². The Hall–Kier alpha value is -0.650. The Kier molecular flexibility index (Phi) is 5.41. The third-order valence-corrected chi connectivity index (χ3v) is 3.94. The van der Waals surface area contributed by atoms with E-state index in [0.29, 0.717) is 18.6 Å². The van der Waals surface area contributed by atoms with E-state index in [9.17, 15) is 4.79 Å². The fourth-order valence-corrected chi connectivity index (χ4v) is 2.83. The van der Waals surface area contributed by atoms with E-state index in [1.165, 1.54) is 20.0 Å². The number of piperidine rings is 2. The number of hydrogen-bond donors (Lipinski definition) is 2. The van der Waals surface area contributed by atoms with E-state index >= 15 is 0 Å². The number of likely N-dealkylation sites (tertiary alicyclic amines) is 1. The predicted octanol–water partition coefficient (Wildman–Crippen LogP) is -0.0346. The number of nitrogens with zero attached hydrogens (tertiary/aromatic N) is 1. The largest absolute Gasteiger partial charge is 0.468 e. The van der Waals surface area contributed by atoms with Gasteiger partial charge in [0.05, 0.1) is 13.7 Å². The maximum absolute atomic E-state index is 11.2. The van der Waals surface area contributed by atoms with E-state index in [0.717, 1.165) is 39.0 Å². The molecule has 2 rings (SSSR count). The van der Waals surface area contributed by atoms with Crippen LogP contribution in [0.4, 0.5) is 0 Å². The van der Waals surface area contributed by atoms with Gasteiger partial charge in [-0.05, 0) is 32.2 Å². The summed E-state index contributed by atoms with van der Waals surface area (Å²) in [6.07, 6.45) is 4.83. The van der Waals surface area contributed by atoms with Crippen LogP contribution >= 0.6 is 0 Å². The molecule has 2 N–H and O–H groups in total. The summed E-state index contributed by atoms with van der Waals surface area (Å²) >= 11 is 0. The summed E-state index contributed by atoms with van der Waals surface area (Å²) in [5.41, 5.74) is 0. The van der Waals surface area contributed by atoms with Crippen LogP contribution in [0.3, 0.4) is 0 Å². The van der Waals surface area contributed by atoms with Crippen LogP contribution in [-0.4, -0.2) is 62.8 Å². The van der Waals surface area contributed by atoms with Gasteiger partial charge in [-0.25, -0.2) is 0 Å². The summed E-state index contributed by atoms with van der Waals surface area (Å²) in [5.74, 6) is -0.127. The zero-order valence-corrected chi connectivity index (χ0v) is 11.3. The lowest BCUT2D eigenvalue weighted by molar-refractivity contribution is -0.142. The van der Waals surface area contributed by atoms with Crippen molar-refractivity contribution in [3.05, 3.63) is 0 Å². The second-order valence-electron chi connectivity index (χ2n) is 5.34. The van der Waals surface area contributed by atoms with Gasteiger partial charge in [0.2, 0.25) is 0 Å². The van der Waals surface area contributed by atoms with Gasteiger partial charge in [-0.1, -0.05) is 0 Å². The summed E-state index contributed by atoms with van der Waals surface area (Å²) in [4.78, 5) is 13.4. The van der Waals surface area contributed by atoms with Crippen molar-refractivity contribution in [3.63, 3.8) is 0 Å². The predicted molar refractivity (Wildman–Crippen MR) is 70.5 cm³/mol. The minimum Gasteiger partial charge on any atom is -0.468 e. The van der Waals surface area contributed by atoms with Crippen molar-refractivity contribution in [3.8, 4) is 0 Å². The first-order valence-electron chi connectivity index (χ1n) is 7.04. The Balaban J connectivity index is 1.65. The zero-order chi connectivity index (χ0) is 12.8. The molecule has 0 bridgehead atoms. The average molecular weight is 255 g/mol. The van der Waals surface area contributed by atoms with Crippen LogP contribution in [0.25, 0.3) is 0 Å². The molecule has 0 aromatic rings. The van der Waals surface area contributed by atoms with Crippen LogP contribution in [-0.2, 0) is 9.53 Å². The van der Waals surface area contributed by atoms with Crippen molar-refractivity contribution in [2.75, 3.05) is 39.8 Å². The third kappa shape index (κ3) is 4.23. The number of rotatable bonds is 4. The van der Waals surface area contributed by atoms with E-state index in [4.69, 9.17) is 4.74 Å². The Morgan fingerprint density at radius 3 is 2.72 bits per heavy atom. The maximum Gasteiger partial charge on any atom is 0.319 e. The first-order valence-corrected chi connectivity index (χ1v) is 7.04. The van der Waals surface area contributed by atoms with Crippen molar-refractivity contribution in [1.82, 2.24) is 15.5 Å². The second kappa shape index (κ2) is 7.07. The fraction of sp³-hybridized carbons (Fsp3) is 0.923. The highest BCUT2D eigenvalue weighted by molar-refractivity contribution is 5.71. The topological polar surface area (TPSA) is 53.6 Å². The summed E-state index contributed by atoms with van der Waals surface area (Å²) in [6, 6.07) is 1.25. The lowest BCUT2D eigenvalue weighted by Gasteiger charge is -2.35. The fourth-order valence-electron chi connectivity index (χ4n) is 2.83. The van der Waals surface area contributed by atoms with Gasteiger partial charge in [0.25, 0.3) is 0 Å². The standard InChI is InChI=1S/C13H25N3O2/c1-18-13(17)10-16-7-4-11(5-8-16)15-12-3-2-6-14-9-12/h11-12,14-15H,2-10H2,1H3. The van der Waals surface area contributed by atoms with Crippen molar-refractivity contribution >= 4 is 5.97 Å². The molecule has 104 valence electrons. The van der Waals surface area contributed by atoms with Crippen LogP contribution in [0, 0.1) is 0 Å². The molecule has 0 radical (unpaired) electrons. The maximum atomic E-state index is 11.2. The van der Waals surface area contributed by atoms with Gasteiger partial charge < -0.3 is 15.4 Å². The van der Waals surface area contributed by atoms with Crippen LogP contribution in [0.1, 0.15) is 25.7 Å². The normalized spacial score (nSPS) is 27.1. The molecule has 5 nitrogen and oxygen atoms in total. The van der Waals surface area contributed by atoms with Crippen LogP contribution in [0.5, 0.6) is 0 Å². The molecule has 0 saturated carbocycles. The first-order chi connectivity index (χ1) is 8.78. The molecule has 2 saturated heterocycles. The van der Waals surface area contributed by atoms with Gasteiger partial charge in [0, 0.05) is 31.7 Å². The molecule has 2 aliphatic heterocycles. The van der Waals surface area contributed by atoms with Gasteiger partial charge in [-0.15, -0.1) is 0 Å². The van der Waals surface area contributed by atoms with Gasteiger partial charge >= 0.3 is 5.97 Å². The molecule has 0 aromatic carbocycles. The zero-order valence-electron chi connectivity index (χ0n) is 11.3. The van der Waals surface area contributed by atoms with Crippen molar-refractivity contribution in [2.45, 2.75) is 37.8 Å². The van der Waals surface area contributed by atoms with Crippen LogP contribution < -0.4 is 10.6 Å². The number of nitrogens with one attached hydrogen (secondary N) is 2. The van der Waals surface area contributed by atoms with Gasteiger partial charge in [0.15, 0.2) is 0 Å². The molecule has 18 heavy (non-hydrogen) atoms. The van der Waals surface area contributed by atoms with Gasteiger partial charge in [-0.2, -0.15) is 0 Å². The Morgan fingerprint density at radius 2 is 2.11 bits per heavy atom. The molecular formula is C13H25N3O2. The molecule has 5 heteroatoms. The summed E-state index contributed by atoms with van der Waals surface area (Å²) < 4.78 is 4.70. The van der Waals surface area contributed by atoms with E-state index in [2.05, 4.69) is 15.5 Å². The average Bonchev–Trinajstić information content (AvgIpc) is 2.42. The number of hydrogen-bond acceptors (Lipinski definition) is 5. The smallest absolute Gasteiger partial charge is 0.319 e. The summed E-state index contributed by atoms with van der Waals surface area (Å²) in [6.45, 7) is 4.69. The summed E-state index contributed by atoms with van der Waals surface area (Å²) in [5, 5.41) is 7.17. The minimum atomic E-state index is -0.127. The molecule has 2 aliphatic rings. The minimum absolute atomic E-state index is 0.127. The highest BCUT2D eigenvalue weighted by atomic mass is 16.5. The van der Waals surface area contributed by atoms with Gasteiger partial charge in [0.1, 0.15) is 0 Å². The molecule has 1 atom stereocenters. The number of methoxy groups -OCH3 is 1. The molecular weight excluding hydrogens is 230 g/mol. The van der Waals surface area contributed by atoms with Crippen LogP contribution in [0.15, 0.2) is 0 Å². The monoisotopic (exact) mass is 255 g/mol. The van der Waals surface area contributed by atoms with Gasteiger partial charge in [-0.3, -0.25) is 9.69 Å². The van der Waals surface area contributed by atoms with E-state index in [1.807, 2.05) is 0 Å². The Morgan fingerprint density at radius 1 is 1.33 bits per heavy atom. The molecule has 0 spiro atoms. The quantitative estimate of drug-likeness (QED) is 0.691. The number of ether oxygens (including phenoxy) is 1. The molecule has 2 heterocycles. The first kappa shape index (κ1) is 13.8. The summed E-state index contributed by atoms with van der Waals surface area (Å²) in [7, 11) is 1.45. The molecule has 1 unspecified atom stereocenters. The molecule has 0 aromatic heterocycles. The lowest BCUT2D eigenvalue weighted by Crippen LogP contribution is -2.51. The lowest BCUT2D eigenvalue weighted by atomic mass is 10.0. The van der Waals surface area contributed by atoms with Crippen molar-refractivity contribution in [1.29, 1.82) is 0 Å². The Labute approximate surface area is 109 Å². The third-order valence-electron chi connectivity index (χ3n) is 3.94.